The third kappa shape index (κ3) is 7.23. The Morgan fingerprint density at radius 3 is 2.24 bits per heavy atom. The average molecular weight is 442 g/mol. The average Bonchev–Trinajstić information content (AvgIpc) is 2.82. The van der Waals surface area contributed by atoms with Gasteiger partial charge in [-0.3, -0.25) is 0 Å². The van der Waals surface area contributed by atoms with Crippen molar-refractivity contribution in [1.29, 1.82) is 0 Å². The number of likely N-dealkylation sites (N-methyl/N-ethyl adjacent to an activating group) is 1. The van der Waals surface area contributed by atoms with Crippen molar-refractivity contribution in [3.63, 3.8) is 0 Å². The summed E-state index contributed by atoms with van der Waals surface area (Å²) in [5, 5.41) is 5.93. The predicted octanol–water partition coefficient (Wildman–Crippen LogP) is 4.30. The number of hydrogen-bond donors (Lipinski definition) is 2. The number of rotatable bonds is 6. The minimum Gasteiger partial charge on any atom is -0.465 e. The van der Waals surface area contributed by atoms with Gasteiger partial charge < -0.3 is 20.3 Å². The van der Waals surface area contributed by atoms with Gasteiger partial charge in [0.1, 0.15) is 0 Å². The highest BCUT2D eigenvalue weighted by Gasteiger charge is 2.15. The molecule has 6 nitrogen and oxygen atoms in total. The maximum Gasteiger partial charge on any atom is 0.337 e. The summed E-state index contributed by atoms with van der Waals surface area (Å²) in [4.78, 5) is 26.4. The minimum atomic E-state index is -0.404. The van der Waals surface area contributed by atoms with Gasteiger partial charge in [-0.25, -0.2) is 9.59 Å². The molecular formula is C27H27N3O3. The molecule has 0 heterocycles. The summed E-state index contributed by atoms with van der Waals surface area (Å²) in [7, 11) is 5.29. The Balaban J connectivity index is 1.69. The lowest BCUT2D eigenvalue weighted by molar-refractivity contribution is 0.0600. The number of anilines is 1. The van der Waals surface area contributed by atoms with Gasteiger partial charge in [-0.15, -0.1) is 0 Å². The number of urea groups is 1. The fourth-order valence-corrected chi connectivity index (χ4v) is 3.27. The summed E-state index contributed by atoms with van der Waals surface area (Å²) in [6.07, 6.45) is 0. The van der Waals surface area contributed by atoms with Gasteiger partial charge >= 0.3 is 12.0 Å². The van der Waals surface area contributed by atoms with Crippen LogP contribution in [0.15, 0.2) is 78.9 Å². The van der Waals surface area contributed by atoms with Crippen molar-refractivity contribution in [3.8, 4) is 11.8 Å². The van der Waals surface area contributed by atoms with Crippen LogP contribution >= 0.6 is 0 Å². The highest BCUT2D eigenvalue weighted by atomic mass is 16.5. The van der Waals surface area contributed by atoms with Crippen molar-refractivity contribution in [1.82, 2.24) is 10.2 Å². The van der Waals surface area contributed by atoms with Crippen LogP contribution in [0.2, 0.25) is 0 Å². The Labute approximate surface area is 194 Å². The first-order valence-corrected chi connectivity index (χ1v) is 10.5. The third-order valence-corrected chi connectivity index (χ3v) is 4.81. The Kier molecular flexibility index (Phi) is 8.23. The van der Waals surface area contributed by atoms with E-state index < -0.39 is 5.97 Å². The fraction of sp³-hybridized carbons (Fsp3) is 0.185. The van der Waals surface area contributed by atoms with E-state index in [1.165, 1.54) is 7.11 Å². The fourth-order valence-electron chi connectivity index (χ4n) is 3.27. The third-order valence-electron chi connectivity index (χ3n) is 4.81. The zero-order valence-electron chi connectivity index (χ0n) is 19.0. The molecule has 3 rings (SSSR count). The van der Waals surface area contributed by atoms with E-state index in [1.54, 1.807) is 24.3 Å². The number of carbonyl (C=O) groups excluding carboxylic acids is 2. The molecule has 0 aliphatic heterocycles. The topological polar surface area (TPSA) is 70.7 Å². The van der Waals surface area contributed by atoms with Crippen molar-refractivity contribution < 1.29 is 14.3 Å². The van der Waals surface area contributed by atoms with Crippen molar-refractivity contribution in [2.45, 2.75) is 6.04 Å². The number of nitrogens with zero attached hydrogens (tertiary/aromatic N) is 1. The van der Waals surface area contributed by atoms with E-state index in [0.717, 1.165) is 11.1 Å². The number of benzene rings is 3. The smallest absolute Gasteiger partial charge is 0.337 e. The highest BCUT2D eigenvalue weighted by Crippen LogP contribution is 2.15. The van der Waals surface area contributed by atoms with Crippen molar-refractivity contribution >= 4 is 17.7 Å². The number of methoxy groups -OCH3 is 1. The molecule has 33 heavy (non-hydrogen) atoms. The normalized spacial score (nSPS) is 11.2. The van der Waals surface area contributed by atoms with Crippen LogP contribution in [0.1, 0.15) is 33.1 Å². The number of amides is 2. The van der Waals surface area contributed by atoms with E-state index in [0.29, 0.717) is 23.4 Å². The molecule has 1 unspecified atom stereocenters. The van der Waals surface area contributed by atoms with Crippen molar-refractivity contribution in [2.75, 3.05) is 33.1 Å². The monoisotopic (exact) mass is 441 g/mol. The molecule has 2 amide bonds. The van der Waals surface area contributed by atoms with Crippen LogP contribution in [0.25, 0.3) is 0 Å². The van der Waals surface area contributed by atoms with E-state index in [9.17, 15) is 9.59 Å². The van der Waals surface area contributed by atoms with Gasteiger partial charge in [0.25, 0.3) is 0 Å². The van der Waals surface area contributed by atoms with Gasteiger partial charge in [0, 0.05) is 23.4 Å². The SMILES string of the molecule is COC(=O)c1cccc(C#Cc2cccc(NC(=O)NC(CN(C)C)c3ccccc3)c2)c1. The lowest BCUT2D eigenvalue weighted by atomic mass is 10.1. The van der Waals surface area contributed by atoms with Crippen LogP contribution in [-0.4, -0.2) is 44.7 Å². The number of hydrogen-bond acceptors (Lipinski definition) is 4. The second-order valence-corrected chi connectivity index (χ2v) is 7.73. The Morgan fingerprint density at radius 2 is 1.58 bits per heavy atom. The molecule has 3 aromatic rings. The molecule has 0 saturated heterocycles. The molecular weight excluding hydrogens is 414 g/mol. The van der Waals surface area contributed by atoms with Gasteiger partial charge in [-0.2, -0.15) is 0 Å². The van der Waals surface area contributed by atoms with Crippen LogP contribution in [0.4, 0.5) is 10.5 Å². The Bertz CT molecular complexity index is 1160. The maximum absolute atomic E-state index is 12.7. The molecule has 0 aromatic heterocycles. The van der Waals surface area contributed by atoms with E-state index >= 15 is 0 Å². The molecule has 6 heteroatoms. The summed E-state index contributed by atoms with van der Waals surface area (Å²) in [6.45, 7) is 0.674. The molecule has 2 N–H and O–H groups in total. The molecule has 168 valence electrons. The first kappa shape index (κ1) is 23.6. The lowest BCUT2D eigenvalue weighted by Crippen LogP contribution is -2.37. The van der Waals surface area contributed by atoms with E-state index in [-0.39, 0.29) is 12.1 Å². The van der Waals surface area contributed by atoms with Crippen LogP contribution in [0.5, 0.6) is 0 Å². The zero-order chi connectivity index (χ0) is 23.6. The van der Waals surface area contributed by atoms with E-state index in [4.69, 9.17) is 4.74 Å². The quantitative estimate of drug-likeness (QED) is 0.442. The lowest BCUT2D eigenvalue weighted by Gasteiger charge is -2.23. The Hall–Kier alpha value is -4.08. The van der Waals surface area contributed by atoms with E-state index in [2.05, 4.69) is 22.5 Å². The molecule has 0 aliphatic rings. The molecule has 0 spiro atoms. The van der Waals surface area contributed by atoms with Gasteiger partial charge in [0.15, 0.2) is 0 Å². The van der Waals surface area contributed by atoms with Gasteiger partial charge in [0.05, 0.1) is 18.7 Å². The number of carbonyl (C=O) groups is 2. The molecule has 0 bridgehead atoms. The van der Waals surface area contributed by atoms with Crippen molar-refractivity contribution in [3.05, 3.63) is 101 Å². The molecule has 0 saturated carbocycles. The Morgan fingerprint density at radius 1 is 0.909 bits per heavy atom. The molecule has 0 aliphatic carbocycles. The second-order valence-electron chi connectivity index (χ2n) is 7.73. The molecule has 0 radical (unpaired) electrons. The standard InChI is InChI=1S/C27H27N3O3/c1-30(2)19-25(22-11-5-4-6-12-22)29-27(32)28-24-14-8-10-21(18-24)16-15-20-9-7-13-23(17-20)26(31)33-3/h4-14,17-18,25H,19H2,1-3H3,(H2,28,29,32). The first-order chi connectivity index (χ1) is 15.9. The second kappa shape index (κ2) is 11.5. The van der Waals surface area contributed by atoms with Crippen LogP contribution in [-0.2, 0) is 4.74 Å². The zero-order valence-corrected chi connectivity index (χ0v) is 19.0. The van der Waals surface area contributed by atoms with Gasteiger partial charge in [-0.05, 0) is 56.1 Å². The van der Waals surface area contributed by atoms with Crippen molar-refractivity contribution in [2.24, 2.45) is 0 Å². The maximum atomic E-state index is 12.7. The van der Waals surface area contributed by atoms with Crippen LogP contribution in [0.3, 0.4) is 0 Å². The minimum absolute atomic E-state index is 0.147. The summed E-state index contributed by atoms with van der Waals surface area (Å²) in [5.74, 6) is 5.71. The largest absolute Gasteiger partial charge is 0.465 e. The summed E-state index contributed by atoms with van der Waals surface area (Å²) < 4.78 is 4.75. The van der Waals surface area contributed by atoms with Gasteiger partial charge in [0.2, 0.25) is 0 Å². The van der Waals surface area contributed by atoms with Crippen LogP contribution < -0.4 is 10.6 Å². The summed E-state index contributed by atoms with van der Waals surface area (Å²) >= 11 is 0. The number of nitrogens with one attached hydrogen (secondary N) is 2. The first-order valence-electron chi connectivity index (χ1n) is 10.5. The number of ether oxygens (including phenoxy) is 1. The number of esters is 1. The molecule has 3 aromatic carbocycles. The summed E-state index contributed by atoms with van der Waals surface area (Å²) in [5.41, 5.74) is 3.56. The van der Waals surface area contributed by atoms with Crippen LogP contribution in [0, 0.1) is 11.8 Å². The summed E-state index contributed by atoms with van der Waals surface area (Å²) in [6, 6.07) is 23.7. The molecule has 1 atom stereocenters. The molecule has 0 fully saturated rings. The highest BCUT2D eigenvalue weighted by molar-refractivity contribution is 5.90. The van der Waals surface area contributed by atoms with E-state index in [1.807, 2.05) is 73.6 Å². The van der Waals surface area contributed by atoms with Gasteiger partial charge in [-0.1, -0.05) is 54.3 Å². The predicted molar refractivity (Wildman–Crippen MR) is 130 cm³/mol.